The van der Waals surface area contributed by atoms with E-state index in [1.807, 2.05) is 0 Å². The van der Waals surface area contributed by atoms with Crippen molar-refractivity contribution in [3.05, 3.63) is 11.8 Å². The molecule has 0 saturated carbocycles. The molecule has 16 heteroatoms. The Balaban J connectivity index is 0.00000282. The summed E-state index contributed by atoms with van der Waals surface area (Å²) in [5.74, 6) is -4.54. The third-order valence-corrected chi connectivity index (χ3v) is 7.57. The summed E-state index contributed by atoms with van der Waals surface area (Å²) >= 11 is 0. The molecule has 1 aliphatic heterocycles. The first kappa shape index (κ1) is 44.9. The van der Waals surface area contributed by atoms with Gasteiger partial charge in [-0.3, -0.25) is 4.79 Å². The lowest BCUT2D eigenvalue weighted by molar-refractivity contribution is -0.192. The van der Waals surface area contributed by atoms with Crippen LogP contribution in [0.2, 0.25) is 0 Å². The second-order valence-corrected chi connectivity index (χ2v) is 11.9. The van der Waals surface area contributed by atoms with Crippen molar-refractivity contribution in [2.75, 3.05) is 13.2 Å². The van der Waals surface area contributed by atoms with E-state index in [0.717, 1.165) is 19.3 Å². The number of rotatable bonds is 23. The number of unbranched alkanes of at least 4 members (excludes halogenated alkanes) is 15. The summed E-state index contributed by atoms with van der Waals surface area (Å²) in [5.41, 5.74) is 11.1. The van der Waals surface area contributed by atoms with Crippen LogP contribution in [0.15, 0.2) is 16.8 Å². The predicted molar refractivity (Wildman–Crippen MR) is 173 cm³/mol. The fourth-order valence-corrected chi connectivity index (χ4v) is 5.02. The number of aliphatic hydroxyl groups is 3. The molecular formula is C32H57F3N4O9. The summed E-state index contributed by atoms with van der Waals surface area (Å²) in [6.07, 6.45) is 11.6. The Morgan fingerprint density at radius 2 is 1.35 bits per heavy atom. The highest BCUT2D eigenvalue weighted by Crippen LogP contribution is 2.25. The molecule has 0 aliphatic carbocycles. The van der Waals surface area contributed by atoms with Crippen molar-refractivity contribution in [1.29, 1.82) is 0 Å². The number of carboxylic acids is 1. The average molecular weight is 699 g/mol. The highest BCUT2D eigenvalue weighted by atomic mass is 19.4. The van der Waals surface area contributed by atoms with Gasteiger partial charge in [0.05, 0.1) is 25.3 Å². The molecule has 1 amide bonds. The van der Waals surface area contributed by atoms with Gasteiger partial charge in [-0.05, 0) is 12.5 Å². The standard InChI is InChI=1S/C30H56N4O7.C2HF3O2/c1-3-4-5-6-7-8-9-10-11-12-13-14-15-16-17-18-19-40-29(39)25-20-23(34-30(31)32)26(33-22(2)36)28(41-25)27(38)24(37)21-35;3-2(4,5)1(6)7/h20,23-24,26-28,35,37-38H,3-19,21H2,1-2H3,(H,33,36)(H4,31,32,34);(H,6,7)/t23?,24?,26?,27?,28-;/m1./s1. The Bertz CT molecular complexity index is 979. The molecule has 0 aromatic rings. The maximum Gasteiger partial charge on any atom is 0.490 e. The molecule has 1 aliphatic rings. The van der Waals surface area contributed by atoms with Crippen molar-refractivity contribution in [2.45, 2.75) is 153 Å². The highest BCUT2D eigenvalue weighted by molar-refractivity contribution is 5.87. The smallest absolute Gasteiger partial charge is 0.478 e. The summed E-state index contributed by atoms with van der Waals surface area (Å²) in [4.78, 5) is 37.4. The van der Waals surface area contributed by atoms with Gasteiger partial charge in [-0.25, -0.2) is 14.6 Å². The highest BCUT2D eigenvalue weighted by Gasteiger charge is 2.44. The molecule has 0 spiro atoms. The Morgan fingerprint density at radius 3 is 1.73 bits per heavy atom. The van der Waals surface area contributed by atoms with Gasteiger partial charge in [0.1, 0.15) is 18.3 Å². The van der Waals surface area contributed by atoms with Gasteiger partial charge in [0.25, 0.3) is 0 Å². The minimum absolute atomic E-state index is 0.201. The van der Waals surface area contributed by atoms with Crippen LogP contribution in [0.5, 0.6) is 0 Å². The van der Waals surface area contributed by atoms with Gasteiger partial charge in [-0.15, -0.1) is 0 Å². The lowest BCUT2D eigenvalue weighted by atomic mass is 9.92. The van der Waals surface area contributed by atoms with Gasteiger partial charge in [0.2, 0.25) is 11.7 Å². The Labute approximate surface area is 281 Å². The molecule has 1 heterocycles. The molecule has 9 N–H and O–H groups in total. The van der Waals surface area contributed by atoms with Crippen LogP contribution >= 0.6 is 0 Å². The van der Waals surface area contributed by atoms with Crippen LogP contribution in [0.4, 0.5) is 13.2 Å². The molecular weight excluding hydrogens is 641 g/mol. The van der Waals surface area contributed by atoms with Crippen molar-refractivity contribution < 1.29 is 57.5 Å². The number of halogens is 3. The minimum atomic E-state index is -5.08. The quantitative estimate of drug-likeness (QED) is 0.0353. The third-order valence-electron chi connectivity index (χ3n) is 7.57. The number of alkyl halides is 3. The third kappa shape index (κ3) is 21.0. The maximum atomic E-state index is 12.7. The van der Waals surface area contributed by atoms with Crippen LogP contribution in [0.1, 0.15) is 117 Å². The van der Waals surface area contributed by atoms with Gasteiger partial charge in [0, 0.05) is 6.92 Å². The number of carbonyl (C=O) groups excluding carboxylic acids is 2. The Kier molecular flexibility index (Phi) is 24.2. The van der Waals surface area contributed by atoms with Crippen LogP contribution in [0.3, 0.4) is 0 Å². The van der Waals surface area contributed by atoms with E-state index in [0.29, 0.717) is 6.42 Å². The zero-order chi connectivity index (χ0) is 36.5. The largest absolute Gasteiger partial charge is 0.490 e. The number of aliphatic imine (C=N–C) groups is 1. The molecule has 0 bridgehead atoms. The number of amides is 1. The molecule has 48 heavy (non-hydrogen) atoms. The van der Waals surface area contributed by atoms with Gasteiger partial charge < -0.3 is 46.7 Å². The second kappa shape index (κ2) is 25.8. The summed E-state index contributed by atoms with van der Waals surface area (Å²) in [6.45, 7) is 2.95. The van der Waals surface area contributed by atoms with Crippen LogP contribution in [-0.4, -0.2) is 94.0 Å². The molecule has 5 atom stereocenters. The minimum Gasteiger partial charge on any atom is -0.478 e. The molecule has 0 saturated heterocycles. The van der Waals surface area contributed by atoms with E-state index in [4.69, 9.17) is 30.8 Å². The van der Waals surface area contributed by atoms with E-state index in [2.05, 4.69) is 17.2 Å². The fraction of sp³-hybridized carbons (Fsp3) is 0.812. The van der Waals surface area contributed by atoms with E-state index < -0.39 is 61.0 Å². The lowest BCUT2D eigenvalue weighted by Crippen LogP contribution is -2.59. The molecule has 0 radical (unpaired) electrons. The van der Waals surface area contributed by atoms with Crippen molar-refractivity contribution in [3.63, 3.8) is 0 Å². The monoisotopic (exact) mass is 698 g/mol. The van der Waals surface area contributed by atoms with E-state index in [1.165, 1.54) is 90.0 Å². The number of aliphatic carboxylic acids is 1. The zero-order valence-electron chi connectivity index (χ0n) is 28.3. The van der Waals surface area contributed by atoms with Crippen LogP contribution in [0.25, 0.3) is 0 Å². The van der Waals surface area contributed by atoms with Gasteiger partial charge in [-0.2, -0.15) is 13.2 Å². The number of ether oxygens (including phenoxy) is 2. The molecule has 280 valence electrons. The molecule has 13 nitrogen and oxygen atoms in total. The first-order valence-corrected chi connectivity index (χ1v) is 16.8. The molecule has 1 rings (SSSR count). The number of esters is 1. The number of hydrogen-bond acceptors (Lipinski definition) is 9. The second-order valence-electron chi connectivity index (χ2n) is 11.9. The maximum absolute atomic E-state index is 12.7. The first-order valence-electron chi connectivity index (χ1n) is 16.8. The number of nitrogens with one attached hydrogen (secondary N) is 1. The summed E-state index contributed by atoms with van der Waals surface area (Å²) in [5, 5.41) is 39.5. The van der Waals surface area contributed by atoms with Crippen molar-refractivity contribution in [2.24, 2.45) is 16.5 Å². The number of carboxylic acid groups (broad SMARTS) is 1. The lowest BCUT2D eigenvalue weighted by Gasteiger charge is -2.38. The fourth-order valence-electron chi connectivity index (χ4n) is 5.02. The number of aliphatic hydroxyl groups excluding tert-OH is 3. The number of guanidine groups is 1. The van der Waals surface area contributed by atoms with E-state index in [9.17, 15) is 38.1 Å². The van der Waals surface area contributed by atoms with E-state index in [-0.39, 0.29) is 18.3 Å². The number of nitrogens with zero attached hydrogens (tertiary/aromatic N) is 1. The SMILES string of the molecule is CCCCCCCCCCCCCCCCCCOC(=O)C1=CC(N=C(N)N)C(NC(C)=O)[C@H](C(O)C(O)CO)O1.O=C(O)C(F)(F)F. The first-order chi connectivity index (χ1) is 22.6. The van der Waals surface area contributed by atoms with Crippen LogP contribution in [-0.2, 0) is 23.9 Å². The summed E-state index contributed by atoms with van der Waals surface area (Å²) in [6, 6.07) is -1.98. The molecule has 4 unspecified atom stereocenters. The summed E-state index contributed by atoms with van der Waals surface area (Å²) in [7, 11) is 0. The van der Waals surface area contributed by atoms with Gasteiger partial charge in [0.15, 0.2) is 5.96 Å². The van der Waals surface area contributed by atoms with E-state index in [1.54, 1.807) is 0 Å². The average Bonchev–Trinajstić information content (AvgIpc) is 3.01. The van der Waals surface area contributed by atoms with Gasteiger partial charge in [-0.1, -0.05) is 103 Å². The topological polar surface area (TPSA) is 227 Å². The number of nitrogens with two attached hydrogens (primary N) is 2. The zero-order valence-corrected chi connectivity index (χ0v) is 28.3. The normalized spacial score (nSPS) is 18.7. The van der Waals surface area contributed by atoms with E-state index >= 15 is 0 Å². The van der Waals surface area contributed by atoms with Crippen LogP contribution in [0, 0.1) is 0 Å². The van der Waals surface area contributed by atoms with Gasteiger partial charge >= 0.3 is 18.1 Å². The van der Waals surface area contributed by atoms with Crippen molar-refractivity contribution in [1.82, 2.24) is 5.32 Å². The molecule has 0 aromatic heterocycles. The molecule has 0 fully saturated rings. The van der Waals surface area contributed by atoms with Crippen LogP contribution < -0.4 is 16.8 Å². The van der Waals surface area contributed by atoms with Crippen molar-refractivity contribution >= 4 is 23.8 Å². The number of carbonyl (C=O) groups is 3. The Hall–Kier alpha value is -3.11. The summed E-state index contributed by atoms with van der Waals surface area (Å²) < 4.78 is 42.7. The Morgan fingerprint density at radius 1 is 0.917 bits per heavy atom. The molecule has 0 aromatic carbocycles. The van der Waals surface area contributed by atoms with Crippen molar-refractivity contribution in [3.8, 4) is 0 Å². The number of hydrogen-bond donors (Lipinski definition) is 7. The predicted octanol–water partition coefficient (Wildman–Crippen LogP) is 3.57.